The third kappa shape index (κ3) is 4.00. The maximum Gasteiger partial charge on any atom is 0.278 e. The number of methoxy groups -OCH3 is 1. The number of aryl methyl sites for hydroxylation is 3. The van der Waals surface area contributed by atoms with E-state index in [-0.39, 0.29) is 11.5 Å². The lowest BCUT2D eigenvalue weighted by Crippen LogP contribution is -2.35. The van der Waals surface area contributed by atoms with Crippen LogP contribution < -0.4 is 15.6 Å². The number of fused-ring (bicyclic) bond motifs is 1. The van der Waals surface area contributed by atoms with Crippen molar-refractivity contribution in [2.75, 3.05) is 12.4 Å². The van der Waals surface area contributed by atoms with Crippen LogP contribution in [0.1, 0.15) is 36.3 Å². The van der Waals surface area contributed by atoms with Crippen molar-refractivity contribution in [3.05, 3.63) is 75.8 Å². The molecule has 2 aromatic heterocycles. The van der Waals surface area contributed by atoms with E-state index in [9.17, 15) is 9.59 Å². The average Bonchev–Trinajstić information content (AvgIpc) is 3.16. The minimum atomic E-state index is -0.787. The Balaban J connectivity index is 1.79. The van der Waals surface area contributed by atoms with Gasteiger partial charge in [-0.15, -0.1) is 0 Å². The molecule has 0 aliphatic heterocycles. The quantitative estimate of drug-likeness (QED) is 0.482. The summed E-state index contributed by atoms with van der Waals surface area (Å²) in [6.45, 7) is 7.44. The lowest BCUT2D eigenvalue weighted by molar-refractivity contribution is -0.119. The van der Waals surface area contributed by atoms with E-state index in [0.29, 0.717) is 40.1 Å². The molecule has 33 heavy (non-hydrogen) atoms. The minimum Gasteiger partial charge on any atom is -0.495 e. The van der Waals surface area contributed by atoms with Gasteiger partial charge in [0, 0.05) is 0 Å². The third-order valence-corrected chi connectivity index (χ3v) is 5.74. The fourth-order valence-corrected chi connectivity index (χ4v) is 4.02. The molecule has 2 heterocycles. The first kappa shape index (κ1) is 22.3. The van der Waals surface area contributed by atoms with Gasteiger partial charge in [0.1, 0.15) is 17.3 Å². The molecule has 1 amide bonds. The van der Waals surface area contributed by atoms with E-state index in [2.05, 4.69) is 15.5 Å². The van der Waals surface area contributed by atoms with E-state index in [0.717, 1.165) is 11.3 Å². The number of carbonyl (C=O) groups is 1. The Kier molecular flexibility index (Phi) is 6.00. The van der Waals surface area contributed by atoms with Crippen LogP contribution in [0.25, 0.3) is 16.6 Å². The van der Waals surface area contributed by atoms with Crippen LogP contribution in [0.2, 0.25) is 0 Å². The molecule has 2 aromatic carbocycles. The maximum atomic E-state index is 13.5. The number of benzene rings is 2. The van der Waals surface area contributed by atoms with Crippen molar-refractivity contribution in [2.24, 2.45) is 0 Å². The van der Waals surface area contributed by atoms with Crippen molar-refractivity contribution in [1.82, 2.24) is 19.6 Å². The van der Waals surface area contributed by atoms with E-state index >= 15 is 0 Å². The molecule has 170 valence electrons. The van der Waals surface area contributed by atoms with Gasteiger partial charge in [0.25, 0.3) is 5.56 Å². The number of hydrogen-bond acceptors (Lipinski definition) is 5. The Bertz CT molecular complexity index is 1390. The van der Waals surface area contributed by atoms with Gasteiger partial charge < -0.3 is 10.1 Å². The zero-order valence-corrected chi connectivity index (χ0v) is 19.4. The molecule has 8 nitrogen and oxygen atoms in total. The molecule has 0 aliphatic carbocycles. The fraction of sp³-hybridized carbons (Fsp3) is 0.280. The van der Waals surface area contributed by atoms with Gasteiger partial charge in [-0.25, -0.2) is 9.36 Å². The van der Waals surface area contributed by atoms with E-state index < -0.39 is 6.04 Å². The summed E-state index contributed by atoms with van der Waals surface area (Å²) >= 11 is 0. The molecular weight excluding hydrogens is 418 g/mol. The Hall–Kier alpha value is -3.94. The third-order valence-electron chi connectivity index (χ3n) is 5.74. The number of nitrogens with one attached hydrogen (secondary N) is 1. The lowest BCUT2D eigenvalue weighted by Gasteiger charge is -2.18. The minimum absolute atomic E-state index is 0.331. The predicted molar refractivity (Wildman–Crippen MR) is 128 cm³/mol. The number of amides is 1. The molecule has 4 aromatic rings. The number of rotatable bonds is 6. The molecule has 0 fully saturated rings. The molecule has 4 rings (SSSR count). The van der Waals surface area contributed by atoms with E-state index in [1.165, 1.54) is 4.68 Å². The summed E-state index contributed by atoms with van der Waals surface area (Å²) < 4.78 is 8.39. The highest BCUT2D eigenvalue weighted by Gasteiger charge is 2.26. The first-order valence-electron chi connectivity index (χ1n) is 10.8. The first-order valence-corrected chi connectivity index (χ1v) is 10.8. The van der Waals surface area contributed by atoms with Gasteiger partial charge in [0.05, 0.1) is 35.3 Å². The summed E-state index contributed by atoms with van der Waals surface area (Å²) in [6.07, 6.45) is 0.393. The van der Waals surface area contributed by atoms with Crippen molar-refractivity contribution < 1.29 is 9.53 Å². The van der Waals surface area contributed by atoms with E-state index in [1.807, 2.05) is 63.2 Å². The van der Waals surface area contributed by atoms with Crippen LogP contribution in [0.5, 0.6) is 5.75 Å². The Morgan fingerprint density at radius 1 is 1.09 bits per heavy atom. The van der Waals surface area contributed by atoms with Gasteiger partial charge >= 0.3 is 0 Å². The van der Waals surface area contributed by atoms with Gasteiger partial charge in [-0.3, -0.25) is 9.59 Å². The van der Waals surface area contributed by atoms with Crippen LogP contribution in [-0.4, -0.2) is 32.6 Å². The van der Waals surface area contributed by atoms with Gasteiger partial charge in [-0.05, 0) is 57.0 Å². The predicted octanol–water partition coefficient (Wildman–Crippen LogP) is 4.11. The molecule has 1 N–H and O–H groups in total. The Morgan fingerprint density at radius 3 is 2.48 bits per heavy atom. The van der Waals surface area contributed by atoms with Crippen molar-refractivity contribution in [3.8, 4) is 11.4 Å². The zero-order valence-electron chi connectivity index (χ0n) is 19.4. The highest BCUT2D eigenvalue weighted by Crippen LogP contribution is 2.27. The topological polar surface area (TPSA) is 91.0 Å². The summed E-state index contributed by atoms with van der Waals surface area (Å²) in [5, 5.41) is 12.5. The zero-order chi connectivity index (χ0) is 23.7. The van der Waals surface area contributed by atoms with Gasteiger partial charge in [0.15, 0.2) is 0 Å². The van der Waals surface area contributed by atoms with Crippen LogP contribution in [0.3, 0.4) is 0 Å². The van der Waals surface area contributed by atoms with Crippen LogP contribution in [-0.2, 0) is 4.79 Å². The molecule has 0 bridgehead atoms. The lowest BCUT2D eigenvalue weighted by atomic mass is 10.1. The number of nitrogens with zero attached hydrogens (tertiary/aromatic N) is 4. The summed E-state index contributed by atoms with van der Waals surface area (Å²) in [5.74, 6) is 0.221. The SMILES string of the molecule is CC[C@@H](C(=O)Nc1cc(C)ccc1OC)n1nc(C)c2nn(-c3ccccc3)c(C)c2c1=O. The second-order valence-electron chi connectivity index (χ2n) is 8.01. The first-order chi connectivity index (χ1) is 15.8. The van der Waals surface area contributed by atoms with Crippen LogP contribution in [0, 0.1) is 20.8 Å². The van der Waals surface area contributed by atoms with Gasteiger partial charge in [-0.1, -0.05) is 31.2 Å². The van der Waals surface area contributed by atoms with E-state index in [4.69, 9.17) is 4.74 Å². The van der Waals surface area contributed by atoms with Crippen molar-refractivity contribution >= 4 is 22.5 Å². The molecule has 0 unspecified atom stereocenters. The molecule has 0 saturated heterocycles. The average molecular weight is 446 g/mol. The molecule has 0 spiro atoms. The molecule has 0 radical (unpaired) electrons. The number of para-hydroxylation sites is 1. The molecule has 0 aliphatic rings. The monoisotopic (exact) mass is 445 g/mol. The normalized spacial score (nSPS) is 12.0. The summed E-state index contributed by atoms with van der Waals surface area (Å²) in [6, 6.07) is 14.4. The molecular formula is C25H27N5O3. The van der Waals surface area contributed by atoms with Crippen LogP contribution >= 0.6 is 0 Å². The summed E-state index contributed by atoms with van der Waals surface area (Å²) in [5.41, 5.74) is 3.88. The Labute approximate surface area is 191 Å². The van der Waals surface area contributed by atoms with Gasteiger partial charge in [-0.2, -0.15) is 10.2 Å². The maximum absolute atomic E-state index is 13.5. The highest BCUT2D eigenvalue weighted by molar-refractivity contribution is 5.95. The van der Waals surface area contributed by atoms with Crippen LogP contribution in [0.15, 0.2) is 53.3 Å². The van der Waals surface area contributed by atoms with Crippen molar-refractivity contribution in [1.29, 1.82) is 0 Å². The van der Waals surface area contributed by atoms with Gasteiger partial charge in [0.2, 0.25) is 5.91 Å². The smallest absolute Gasteiger partial charge is 0.278 e. The number of anilines is 1. The number of hydrogen-bond donors (Lipinski definition) is 1. The number of aromatic nitrogens is 4. The standard InChI is InChI=1S/C25H27N5O3/c1-6-20(24(31)26-19-14-15(2)12-13-21(19)33-5)30-25(32)22-17(4)29(18-10-8-7-9-11-18)28-23(22)16(3)27-30/h7-14,20H,6H2,1-5H3,(H,26,31)/t20-/m0/s1. The molecule has 0 saturated carbocycles. The second-order valence-corrected chi connectivity index (χ2v) is 8.01. The summed E-state index contributed by atoms with van der Waals surface area (Å²) in [4.78, 5) is 26.8. The Morgan fingerprint density at radius 2 is 1.82 bits per heavy atom. The van der Waals surface area contributed by atoms with Crippen LogP contribution in [0.4, 0.5) is 5.69 Å². The molecule has 1 atom stereocenters. The highest BCUT2D eigenvalue weighted by atomic mass is 16.5. The second kappa shape index (κ2) is 8.90. The van der Waals surface area contributed by atoms with Crippen molar-refractivity contribution in [3.63, 3.8) is 0 Å². The molecule has 8 heteroatoms. The summed E-state index contributed by atoms with van der Waals surface area (Å²) in [7, 11) is 1.55. The number of carbonyl (C=O) groups excluding carboxylic acids is 1. The largest absolute Gasteiger partial charge is 0.495 e. The number of ether oxygens (including phenoxy) is 1. The van der Waals surface area contributed by atoms with E-state index in [1.54, 1.807) is 24.8 Å². The van der Waals surface area contributed by atoms with Crippen molar-refractivity contribution in [2.45, 2.75) is 40.2 Å². The fourth-order valence-electron chi connectivity index (χ4n) is 4.02.